The van der Waals surface area contributed by atoms with Crippen LogP contribution in [0.4, 0.5) is 11.5 Å². The zero-order valence-electron chi connectivity index (χ0n) is 13.1. The molecule has 23 heavy (non-hydrogen) atoms. The molecule has 4 heterocycles. The summed E-state index contributed by atoms with van der Waals surface area (Å²) in [5, 5.41) is 11.1. The number of fused-ring (bicyclic) bond motifs is 2. The van der Waals surface area contributed by atoms with Crippen LogP contribution in [-0.4, -0.2) is 33.8 Å². The van der Waals surface area contributed by atoms with Crippen LogP contribution >= 0.6 is 0 Å². The first kappa shape index (κ1) is 14.2. The van der Waals surface area contributed by atoms with E-state index in [1.165, 1.54) is 4.68 Å². The predicted octanol–water partition coefficient (Wildman–Crippen LogP) is 1.05. The Labute approximate surface area is 134 Å². The van der Waals surface area contributed by atoms with Crippen molar-refractivity contribution >= 4 is 17.4 Å². The number of nitrogen functional groups attached to an aromatic ring is 1. The number of hydrogen-bond acceptors (Lipinski definition) is 6. The molecule has 0 saturated carbocycles. The van der Waals surface area contributed by atoms with Crippen molar-refractivity contribution in [3.8, 4) is 0 Å². The lowest BCUT2D eigenvalue weighted by Gasteiger charge is -2.26. The van der Waals surface area contributed by atoms with Gasteiger partial charge in [0.2, 0.25) is 0 Å². The number of anilines is 2. The van der Waals surface area contributed by atoms with Crippen LogP contribution in [0.2, 0.25) is 0 Å². The second-order valence-corrected chi connectivity index (χ2v) is 6.12. The molecule has 4 rings (SSSR count). The van der Waals surface area contributed by atoms with Gasteiger partial charge in [0.15, 0.2) is 0 Å². The average Bonchev–Trinajstić information content (AvgIpc) is 2.92. The number of aromatic nitrogens is 3. The van der Waals surface area contributed by atoms with Gasteiger partial charge in [-0.05, 0) is 37.9 Å². The van der Waals surface area contributed by atoms with Crippen molar-refractivity contribution in [1.82, 2.24) is 20.1 Å². The summed E-state index contributed by atoms with van der Waals surface area (Å²) in [6.07, 6.45) is 3.31. The molecule has 2 aliphatic heterocycles. The molecule has 1 atom stereocenters. The standard InChI is InChI=1S/C16H20N6O/c1-9-14-10(3-6-19-9)11(4-7-20-14)16(23)22-15(17)12-2-5-18-8-13(12)21-22/h3,6,11,18,20H,2,4-5,7-8,17H2,1H3. The van der Waals surface area contributed by atoms with Gasteiger partial charge in [0.05, 0.1) is 23.0 Å². The third kappa shape index (κ3) is 2.19. The maximum absolute atomic E-state index is 13.1. The molecule has 0 amide bonds. The lowest BCUT2D eigenvalue weighted by molar-refractivity contribution is 0.0859. The Morgan fingerprint density at radius 3 is 3.13 bits per heavy atom. The Hall–Kier alpha value is -2.41. The van der Waals surface area contributed by atoms with E-state index in [0.29, 0.717) is 12.4 Å². The van der Waals surface area contributed by atoms with Crippen molar-refractivity contribution in [2.45, 2.75) is 32.2 Å². The van der Waals surface area contributed by atoms with E-state index in [0.717, 1.165) is 54.1 Å². The number of hydrogen-bond donors (Lipinski definition) is 3. The molecule has 1 unspecified atom stereocenters. The van der Waals surface area contributed by atoms with Gasteiger partial charge in [-0.3, -0.25) is 9.78 Å². The Balaban J connectivity index is 1.74. The largest absolute Gasteiger partial charge is 0.383 e. The fourth-order valence-corrected chi connectivity index (χ4v) is 3.52. The van der Waals surface area contributed by atoms with E-state index in [1.54, 1.807) is 6.20 Å². The third-order valence-electron chi connectivity index (χ3n) is 4.74. The van der Waals surface area contributed by atoms with Crippen LogP contribution in [0.25, 0.3) is 0 Å². The molecule has 0 saturated heterocycles. The number of carbonyl (C=O) groups is 1. The smallest absolute Gasteiger partial charge is 0.256 e. The van der Waals surface area contributed by atoms with Gasteiger partial charge in [-0.1, -0.05) is 0 Å². The first-order valence-corrected chi connectivity index (χ1v) is 7.97. The number of nitrogens with two attached hydrogens (primary N) is 1. The summed E-state index contributed by atoms with van der Waals surface area (Å²) in [6.45, 7) is 4.24. The van der Waals surface area contributed by atoms with Crippen molar-refractivity contribution in [2.75, 3.05) is 24.1 Å². The quantitative estimate of drug-likeness (QED) is 0.728. The monoisotopic (exact) mass is 312 g/mol. The summed E-state index contributed by atoms with van der Waals surface area (Å²) in [5.74, 6) is 0.215. The fourth-order valence-electron chi connectivity index (χ4n) is 3.52. The van der Waals surface area contributed by atoms with E-state index in [9.17, 15) is 4.79 Å². The van der Waals surface area contributed by atoms with Crippen molar-refractivity contribution in [2.24, 2.45) is 0 Å². The van der Waals surface area contributed by atoms with Crippen LogP contribution in [0, 0.1) is 6.92 Å². The van der Waals surface area contributed by atoms with Gasteiger partial charge in [-0.15, -0.1) is 0 Å². The molecule has 0 aromatic carbocycles. The minimum absolute atomic E-state index is 0.0507. The predicted molar refractivity (Wildman–Crippen MR) is 87.5 cm³/mol. The molecule has 7 nitrogen and oxygen atoms in total. The summed E-state index contributed by atoms with van der Waals surface area (Å²) in [5.41, 5.74) is 11.0. The van der Waals surface area contributed by atoms with E-state index in [-0.39, 0.29) is 11.8 Å². The van der Waals surface area contributed by atoms with E-state index in [2.05, 4.69) is 20.7 Å². The van der Waals surface area contributed by atoms with Gasteiger partial charge in [-0.25, -0.2) is 0 Å². The van der Waals surface area contributed by atoms with Crippen LogP contribution in [0.5, 0.6) is 0 Å². The summed E-state index contributed by atoms with van der Waals surface area (Å²) in [4.78, 5) is 17.4. The second kappa shape index (κ2) is 5.34. The Morgan fingerprint density at radius 1 is 1.43 bits per heavy atom. The normalized spacial score (nSPS) is 19.6. The molecule has 7 heteroatoms. The van der Waals surface area contributed by atoms with Gasteiger partial charge in [-0.2, -0.15) is 9.78 Å². The first-order valence-electron chi connectivity index (χ1n) is 7.97. The van der Waals surface area contributed by atoms with Gasteiger partial charge in [0.25, 0.3) is 5.91 Å². The van der Waals surface area contributed by atoms with E-state index in [1.807, 2.05) is 13.0 Å². The van der Waals surface area contributed by atoms with Crippen molar-refractivity contribution in [3.05, 3.63) is 34.8 Å². The molecule has 120 valence electrons. The van der Waals surface area contributed by atoms with E-state index in [4.69, 9.17) is 5.73 Å². The van der Waals surface area contributed by atoms with Crippen LogP contribution in [0.3, 0.4) is 0 Å². The maximum atomic E-state index is 13.1. The maximum Gasteiger partial charge on any atom is 0.256 e. The van der Waals surface area contributed by atoms with Crippen LogP contribution in [0.1, 0.15) is 39.6 Å². The molecule has 2 aromatic heterocycles. The topological polar surface area (TPSA) is 97.9 Å². The highest BCUT2D eigenvalue weighted by Gasteiger charge is 2.31. The Bertz CT molecular complexity index is 781. The van der Waals surface area contributed by atoms with Gasteiger partial charge < -0.3 is 16.4 Å². The molecular weight excluding hydrogens is 292 g/mol. The second-order valence-electron chi connectivity index (χ2n) is 6.12. The van der Waals surface area contributed by atoms with Crippen molar-refractivity contribution in [1.29, 1.82) is 0 Å². The third-order valence-corrected chi connectivity index (χ3v) is 4.74. The number of rotatable bonds is 1. The summed E-state index contributed by atoms with van der Waals surface area (Å²) >= 11 is 0. The van der Waals surface area contributed by atoms with Gasteiger partial charge >= 0.3 is 0 Å². The van der Waals surface area contributed by atoms with Gasteiger partial charge in [0.1, 0.15) is 5.82 Å². The molecule has 2 aromatic rings. The molecule has 0 aliphatic carbocycles. The zero-order chi connectivity index (χ0) is 16.0. The lowest BCUT2D eigenvalue weighted by atomic mass is 9.90. The number of nitrogens with zero attached hydrogens (tertiary/aromatic N) is 3. The minimum Gasteiger partial charge on any atom is -0.383 e. The molecule has 0 fully saturated rings. The lowest BCUT2D eigenvalue weighted by Crippen LogP contribution is -2.29. The molecule has 0 bridgehead atoms. The SMILES string of the molecule is Cc1nccc2c1NCCC2C(=O)n1nc2c(c1N)CCNC2. The highest BCUT2D eigenvalue weighted by Crippen LogP contribution is 2.34. The van der Waals surface area contributed by atoms with Crippen molar-refractivity contribution < 1.29 is 4.79 Å². The summed E-state index contributed by atoms with van der Waals surface area (Å²) in [7, 11) is 0. The Kier molecular flexibility index (Phi) is 3.30. The number of nitrogens with one attached hydrogen (secondary N) is 2. The van der Waals surface area contributed by atoms with E-state index >= 15 is 0 Å². The van der Waals surface area contributed by atoms with Gasteiger partial charge in [0, 0.05) is 24.8 Å². The molecule has 0 radical (unpaired) electrons. The van der Waals surface area contributed by atoms with Crippen molar-refractivity contribution in [3.63, 3.8) is 0 Å². The summed E-state index contributed by atoms with van der Waals surface area (Å²) in [6, 6.07) is 1.91. The van der Waals surface area contributed by atoms with E-state index < -0.39 is 0 Å². The number of aryl methyl sites for hydroxylation is 1. The van der Waals surface area contributed by atoms with Crippen LogP contribution in [-0.2, 0) is 13.0 Å². The summed E-state index contributed by atoms with van der Waals surface area (Å²) < 4.78 is 1.41. The van der Waals surface area contributed by atoms with Crippen LogP contribution < -0.4 is 16.4 Å². The number of carbonyl (C=O) groups excluding carboxylic acids is 1. The fraction of sp³-hybridized carbons (Fsp3) is 0.438. The highest BCUT2D eigenvalue weighted by atomic mass is 16.2. The first-order chi connectivity index (χ1) is 11.2. The minimum atomic E-state index is -0.232. The molecule has 2 aliphatic rings. The molecule has 0 spiro atoms. The highest BCUT2D eigenvalue weighted by molar-refractivity contribution is 5.90. The Morgan fingerprint density at radius 2 is 2.30 bits per heavy atom. The zero-order valence-corrected chi connectivity index (χ0v) is 13.1. The number of pyridine rings is 1. The molecule has 4 N–H and O–H groups in total. The molecular formula is C16H20N6O. The average molecular weight is 312 g/mol. The van der Waals surface area contributed by atoms with Crippen LogP contribution in [0.15, 0.2) is 12.3 Å².